The lowest BCUT2D eigenvalue weighted by atomic mass is 10.1. The molecule has 0 saturated heterocycles. The minimum atomic E-state index is -0.202. The van der Waals surface area contributed by atoms with E-state index in [4.69, 9.17) is 4.74 Å². The topological polar surface area (TPSA) is 51.2 Å². The Morgan fingerprint density at radius 1 is 1.09 bits per heavy atom. The van der Waals surface area contributed by atoms with E-state index in [0.717, 1.165) is 27.9 Å². The minimum Gasteiger partial charge on any atom is -0.496 e. The average Bonchev–Trinajstić information content (AvgIpc) is 2.60. The van der Waals surface area contributed by atoms with Crippen molar-refractivity contribution in [3.63, 3.8) is 0 Å². The van der Waals surface area contributed by atoms with E-state index in [9.17, 15) is 4.79 Å². The van der Waals surface area contributed by atoms with Crippen molar-refractivity contribution >= 4 is 28.6 Å². The van der Waals surface area contributed by atoms with E-state index in [1.807, 2.05) is 48.5 Å². The fourth-order valence-electron chi connectivity index (χ4n) is 2.35. The number of para-hydroxylation sites is 2. The third-order valence-electron chi connectivity index (χ3n) is 3.46. The van der Waals surface area contributed by atoms with Crippen LogP contribution in [0.5, 0.6) is 5.75 Å². The highest BCUT2D eigenvalue weighted by atomic mass is 16.5. The highest BCUT2D eigenvalue weighted by molar-refractivity contribution is 6.06. The number of amides is 1. The maximum Gasteiger partial charge on any atom is 0.248 e. The van der Waals surface area contributed by atoms with Gasteiger partial charge < -0.3 is 10.1 Å². The number of pyridine rings is 1. The maximum absolute atomic E-state index is 12.2. The molecular formula is C19H16N2O2. The highest BCUT2D eigenvalue weighted by Crippen LogP contribution is 2.21. The van der Waals surface area contributed by atoms with Gasteiger partial charge in [0.05, 0.1) is 18.3 Å². The van der Waals surface area contributed by atoms with Crippen LogP contribution in [0.15, 0.2) is 66.9 Å². The Balaban J connectivity index is 1.80. The van der Waals surface area contributed by atoms with Crippen LogP contribution in [0.25, 0.3) is 17.0 Å². The van der Waals surface area contributed by atoms with Gasteiger partial charge in [-0.3, -0.25) is 9.78 Å². The number of benzene rings is 2. The smallest absolute Gasteiger partial charge is 0.248 e. The lowest BCUT2D eigenvalue weighted by molar-refractivity contribution is -0.111. The standard InChI is InChI=1S/C19H16N2O2/c1-23-18-9-5-2-6-14(18)10-11-19(22)21-17-12-13-20-16-8-4-3-7-15(16)17/h2-13H,1H3,(H,20,21,22)/b11-10+. The van der Waals surface area contributed by atoms with Gasteiger partial charge in [0, 0.05) is 23.2 Å². The summed E-state index contributed by atoms with van der Waals surface area (Å²) in [6.07, 6.45) is 4.91. The van der Waals surface area contributed by atoms with Crippen molar-refractivity contribution in [1.82, 2.24) is 4.98 Å². The Morgan fingerprint density at radius 3 is 2.74 bits per heavy atom. The summed E-state index contributed by atoms with van der Waals surface area (Å²) in [7, 11) is 1.61. The quantitative estimate of drug-likeness (QED) is 0.744. The number of rotatable bonds is 4. The summed E-state index contributed by atoms with van der Waals surface area (Å²) in [4.78, 5) is 16.4. The van der Waals surface area contributed by atoms with Crippen LogP contribution in [0.4, 0.5) is 5.69 Å². The molecule has 1 aromatic heterocycles. The number of aromatic nitrogens is 1. The van der Waals surface area contributed by atoms with E-state index in [-0.39, 0.29) is 5.91 Å². The van der Waals surface area contributed by atoms with Crippen LogP contribution in [0.1, 0.15) is 5.56 Å². The first-order chi connectivity index (χ1) is 11.3. The molecule has 0 bridgehead atoms. The molecule has 2 aromatic carbocycles. The van der Waals surface area contributed by atoms with Crippen LogP contribution < -0.4 is 10.1 Å². The average molecular weight is 304 g/mol. The molecule has 0 atom stereocenters. The van der Waals surface area contributed by atoms with Gasteiger partial charge in [-0.05, 0) is 24.3 Å². The van der Waals surface area contributed by atoms with Gasteiger partial charge in [0.15, 0.2) is 0 Å². The highest BCUT2D eigenvalue weighted by Gasteiger charge is 2.04. The summed E-state index contributed by atoms with van der Waals surface area (Å²) >= 11 is 0. The number of carbonyl (C=O) groups is 1. The molecule has 0 spiro atoms. The second-order valence-electron chi connectivity index (χ2n) is 4.94. The molecule has 0 aliphatic heterocycles. The molecule has 1 amide bonds. The Morgan fingerprint density at radius 2 is 1.87 bits per heavy atom. The maximum atomic E-state index is 12.2. The van der Waals surface area contributed by atoms with E-state index in [2.05, 4.69) is 10.3 Å². The zero-order chi connectivity index (χ0) is 16.1. The van der Waals surface area contributed by atoms with Crippen molar-refractivity contribution in [3.8, 4) is 5.75 Å². The minimum absolute atomic E-state index is 0.202. The van der Waals surface area contributed by atoms with Crippen LogP contribution in [0, 0.1) is 0 Å². The molecule has 4 heteroatoms. The molecule has 23 heavy (non-hydrogen) atoms. The second kappa shape index (κ2) is 6.75. The van der Waals surface area contributed by atoms with E-state index >= 15 is 0 Å². The number of fused-ring (bicyclic) bond motifs is 1. The molecule has 3 aromatic rings. The Kier molecular flexibility index (Phi) is 4.34. The molecule has 1 heterocycles. The molecule has 0 aliphatic carbocycles. The van der Waals surface area contributed by atoms with Gasteiger partial charge in [-0.2, -0.15) is 0 Å². The third-order valence-corrected chi connectivity index (χ3v) is 3.46. The predicted molar refractivity (Wildman–Crippen MR) is 92.4 cm³/mol. The zero-order valence-corrected chi connectivity index (χ0v) is 12.7. The number of anilines is 1. The number of nitrogens with zero attached hydrogens (tertiary/aromatic N) is 1. The van der Waals surface area contributed by atoms with Gasteiger partial charge in [0.25, 0.3) is 0 Å². The lowest BCUT2D eigenvalue weighted by Gasteiger charge is -2.06. The van der Waals surface area contributed by atoms with Crippen molar-refractivity contribution in [2.75, 3.05) is 12.4 Å². The number of methoxy groups -OCH3 is 1. The Hall–Kier alpha value is -3.14. The van der Waals surface area contributed by atoms with E-state index in [1.165, 1.54) is 6.08 Å². The second-order valence-corrected chi connectivity index (χ2v) is 4.94. The monoisotopic (exact) mass is 304 g/mol. The number of nitrogens with one attached hydrogen (secondary N) is 1. The summed E-state index contributed by atoms with van der Waals surface area (Å²) < 4.78 is 5.26. The molecule has 0 unspecified atom stereocenters. The summed E-state index contributed by atoms with van der Waals surface area (Å²) in [5.41, 5.74) is 2.44. The van der Waals surface area contributed by atoms with Crippen LogP contribution >= 0.6 is 0 Å². The predicted octanol–water partition coefficient (Wildman–Crippen LogP) is 3.90. The molecule has 1 N–H and O–H groups in total. The summed E-state index contributed by atoms with van der Waals surface area (Å²) in [5.74, 6) is 0.526. The van der Waals surface area contributed by atoms with Gasteiger partial charge in [-0.25, -0.2) is 0 Å². The zero-order valence-electron chi connectivity index (χ0n) is 12.7. The van der Waals surface area contributed by atoms with Crippen LogP contribution in [0.2, 0.25) is 0 Å². The molecule has 4 nitrogen and oxygen atoms in total. The van der Waals surface area contributed by atoms with Crippen molar-refractivity contribution in [1.29, 1.82) is 0 Å². The molecule has 0 radical (unpaired) electrons. The fraction of sp³-hybridized carbons (Fsp3) is 0.0526. The van der Waals surface area contributed by atoms with Crippen LogP contribution in [0.3, 0.4) is 0 Å². The Labute approximate surface area is 134 Å². The first-order valence-electron chi connectivity index (χ1n) is 7.24. The first-order valence-corrected chi connectivity index (χ1v) is 7.24. The van der Waals surface area contributed by atoms with Gasteiger partial charge in [-0.1, -0.05) is 36.4 Å². The van der Waals surface area contributed by atoms with Crippen LogP contribution in [-0.4, -0.2) is 18.0 Å². The van der Waals surface area contributed by atoms with Gasteiger partial charge in [-0.15, -0.1) is 0 Å². The number of carbonyl (C=O) groups excluding carboxylic acids is 1. The van der Waals surface area contributed by atoms with Crippen molar-refractivity contribution in [2.24, 2.45) is 0 Å². The van der Waals surface area contributed by atoms with E-state index in [1.54, 1.807) is 25.4 Å². The largest absolute Gasteiger partial charge is 0.496 e. The summed E-state index contributed by atoms with van der Waals surface area (Å²) in [6.45, 7) is 0. The Bertz CT molecular complexity index is 867. The molecule has 3 rings (SSSR count). The van der Waals surface area contributed by atoms with Crippen molar-refractivity contribution in [2.45, 2.75) is 0 Å². The third kappa shape index (κ3) is 3.37. The van der Waals surface area contributed by atoms with Crippen molar-refractivity contribution < 1.29 is 9.53 Å². The summed E-state index contributed by atoms with van der Waals surface area (Å²) in [5, 5.41) is 3.80. The fourth-order valence-corrected chi connectivity index (χ4v) is 2.35. The van der Waals surface area contributed by atoms with Crippen molar-refractivity contribution in [3.05, 3.63) is 72.4 Å². The SMILES string of the molecule is COc1ccccc1/C=C/C(=O)Nc1ccnc2ccccc12. The van der Waals surface area contributed by atoms with Gasteiger partial charge in [0.2, 0.25) is 5.91 Å². The number of ether oxygens (including phenoxy) is 1. The molecule has 0 saturated carbocycles. The summed E-state index contributed by atoms with van der Waals surface area (Å²) in [6, 6.07) is 17.0. The number of hydrogen-bond acceptors (Lipinski definition) is 3. The molecule has 114 valence electrons. The van der Waals surface area contributed by atoms with E-state index < -0.39 is 0 Å². The van der Waals surface area contributed by atoms with Crippen LogP contribution in [-0.2, 0) is 4.79 Å². The molecular weight excluding hydrogens is 288 g/mol. The molecule has 0 aliphatic rings. The molecule has 0 fully saturated rings. The van der Waals surface area contributed by atoms with E-state index in [0.29, 0.717) is 0 Å². The van der Waals surface area contributed by atoms with Gasteiger partial charge in [0.1, 0.15) is 5.75 Å². The number of hydrogen-bond donors (Lipinski definition) is 1. The first kappa shape index (κ1) is 14.8. The normalized spacial score (nSPS) is 10.8. The van der Waals surface area contributed by atoms with Gasteiger partial charge >= 0.3 is 0 Å². The lowest BCUT2D eigenvalue weighted by Crippen LogP contribution is -2.08.